The minimum atomic E-state index is 0.340. The van der Waals surface area contributed by atoms with E-state index in [0.29, 0.717) is 18.1 Å². The molecule has 20 heavy (non-hydrogen) atoms. The van der Waals surface area contributed by atoms with E-state index < -0.39 is 0 Å². The molecule has 6 nitrogen and oxygen atoms in total. The molecule has 1 aromatic heterocycles. The Balaban J connectivity index is 1.52. The molecule has 0 spiro atoms. The van der Waals surface area contributed by atoms with Gasteiger partial charge in [-0.05, 0) is 32.1 Å². The van der Waals surface area contributed by atoms with Crippen LogP contribution in [0.25, 0.3) is 0 Å². The number of piperidine rings is 1. The minimum absolute atomic E-state index is 0.340. The summed E-state index contributed by atoms with van der Waals surface area (Å²) in [5, 5.41) is 11.1. The van der Waals surface area contributed by atoms with E-state index in [0.717, 1.165) is 50.4 Å². The topological polar surface area (TPSA) is 66.1 Å². The van der Waals surface area contributed by atoms with Crippen molar-refractivity contribution in [3.8, 4) is 0 Å². The molecule has 0 bridgehead atoms. The van der Waals surface area contributed by atoms with Gasteiger partial charge in [-0.25, -0.2) is 0 Å². The van der Waals surface area contributed by atoms with Crippen LogP contribution in [0, 0.1) is 5.92 Å². The predicted molar refractivity (Wildman–Crippen MR) is 75.9 cm³/mol. The van der Waals surface area contributed by atoms with Gasteiger partial charge in [0.25, 0.3) is 0 Å². The molecule has 4 unspecified atom stereocenters. The Morgan fingerprint density at radius 3 is 3.15 bits per heavy atom. The lowest BCUT2D eigenvalue weighted by Crippen LogP contribution is -2.45. The van der Waals surface area contributed by atoms with Crippen LogP contribution in [0.3, 0.4) is 0 Å². The van der Waals surface area contributed by atoms with Crippen LogP contribution in [0.4, 0.5) is 5.95 Å². The number of fused-ring (bicyclic) bond motifs is 1. The van der Waals surface area contributed by atoms with Crippen molar-refractivity contribution >= 4 is 5.95 Å². The highest BCUT2D eigenvalue weighted by molar-refractivity contribution is 5.34. The van der Waals surface area contributed by atoms with E-state index in [1.54, 1.807) is 0 Å². The highest BCUT2D eigenvalue weighted by atomic mass is 16.5. The Morgan fingerprint density at radius 2 is 2.30 bits per heavy atom. The fraction of sp³-hybridized carbons (Fsp3) is 0.857. The third kappa shape index (κ3) is 2.11. The number of hydrogen-bond donors (Lipinski definition) is 2. The van der Waals surface area contributed by atoms with E-state index in [4.69, 9.17) is 9.72 Å². The maximum absolute atomic E-state index is 5.63. The van der Waals surface area contributed by atoms with E-state index in [1.807, 2.05) is 0 Å². The van der Waals surface area contributed by atoms with E-state index in [-0.39, 0.29) is 0 Å². The second kappa shape index (κ2) is 5.00. The maximum atomic E-state index is 5.63. The molecule has 4 atom stereocenters. The molecule has 4 heterocycles. The first-order valence-corrected chi connectivity index (χ1v) is 7.82. The molecule has 0 radical (unpaired) electrons. The Labute approximate surface area is 119 Å². The lowest BCUT2D eigenvalue weighted by atomic mass is 9.92. The number of nitrogens with zero attached hydrogens (tertiary/aromatic N) is 3. The van der Waals surface area contributed by atoms with Gasteiger partial charge >= 0.3 is 0 Å². The molecule has 3 aliphatic heterocycles. The summed E-state index contributed by atoms with van der Waals surface area (Å²) in [7, 11) is 0. The molecule has 2 N–H and O–H groups in total. The third-order valence-electron chi connectivity index (χ3n) is 5.01. The summed E-state index contributed by atoms with van der Waals surface area (Å²) in [4.78, 5) is 7.16. The molecule has 6 heteroatoms. The number of nitrogens with one attached hydrogen (secondary N) is 2. The van der Waals surface area contributed by atoms with E-state index in [9.17, 15) is 0 Å². The van der Waals surface area contributed by atoms with Crippen molar-refractivity contribution in [1.82, 2.24) is 20.5 Å². The average Bonchev–Trinajstić information content (AvgIpc) is 3.17. The number of aromatic nitrogens is 3. The van der Waals surface area contributed by atoms with Crippen LogP contribution >= 0.6 is 0 Å². The molecule has 3 fully saturated rings. The zero-order valence-electron chi connectivity index (χ0n) is 12.0. The Morgan fingerprint density at radius 1 is 1.35 bits per heavy atom. The maximum Gasteiger partial charge on any atom is 0.245 e. The zero-order chi connectivity index (χ0) is 13.5. The highest BCUT2D eigenvalue weighted by Crippen LogP contribution is 2.31. The molecular weight excluding hydrogens is 254 g/mol. The Kier molecular flexibility index (Phi) is 3.15. The van der Waals surface area contributed by atoms with Gasteiger partial charge < -0.3 is 15.0 Å². The average molecular weight is 277 g/mol. The Bertz CT molecular complexity index is 476. The quantitative estimate of drug-likeness (QED) is 0.840. The molecule has 1 aromatic rings. The number of hydrogen-bond acceptors (Lipinski definition) is 5. The zero-order valence-corrected chi connectivity index (χ0v) is 12.0. The monoisotopic (exact) mass is 277 g/mol. The van der Waals surface area contributed by atoms with Gasteiger partial charge in [0.2, 0.25) is 5.95 Å². The van der Waals surface area contributed by atoms with Crippen LogP contribution in [0.15, 0.2) is 0 Å². The van der Waals surface area contributed by atoms with Crippen LogP contribution in [-0.2, 0) is 4.74 Å². The molecule has 4 rings (SSSR count). The number of rotatable bonds is 2. The first-order valence-electron chi connectivity index (χ1n) is 7.82. The number of aromatic amines is 1. The number of anilines is 1. The second-order valence-corrected chi connectivity index (χ2v) is 6.42. The molecule has 110 valence electrons. The van der Waals surface area contributed by atoms with Crippen molar-refractivity contribution in [3.05, 3.63) is 5.82 Å². The Hall–Kier alpha value is -1.14. The number of H-pyrrole nitrogens is 1. The van der Waals surface area contributed by atoms with Gasteiger partial charge in [0.05, 0.1) is 12.7 Å². The molecule has 3 aliphatic rings. The summed E-state index contributed by atoms with van der Waals surface area (Å²) in [6.45, 7) is 6.18. The first-order chi connectivity index (χ1) is 9.81. The summed E-state index contributed by atoms with van der Waals surface area (Å²) in [5.41, 5.74) is 0. The van der Waals surface area contributed by atoms with E-state index in [1.165, 1.54) is 12.8 Å². The molecule has 3 saturated heterocycles. The standard InChI is InChI=1S/C14H23N5O/c1-9-5-11(8-20-9)13-16-14(18-17-13)19-4-2-3-10-6-15-7-12(10)19/h9-12,15H,2-8H2,1H3,(H,16,17,18). The van der Waals surface area contributed by atoms with Crippen molar-refractivity contribution in [2.45, 2.75) is 44.2 Å². The summed E-state index contributed by atoms with van der Waals surface area (Å²) >= 11 is 0. The minimum Gasteiger partial charge on any atom is -0.378 e. The highest BCUT2D eigenvalue weighted by Gasteiger charge is 2.37. The van der Waals surface area contributed by atoms with Crippen LogP contribution in [-0.4, -0.2) is 53.6 Å². The normalized spacial score (nSPS) is 37.4. The summed E-state index contributed by atoms with van der Waals surface area (Å²) in [6, 6.07) is 0.575. The summed E-state index contributed by atoms with van der Waals surface area (Å²) in [5.74, 6) is 3.03. The summed E-state index contributed by atoms with van der Waals surface area (Å²) in [6.07, 6.45) is 3.96. The fourth-order valence-electron chi connectivity index (χ4n) is 3.90. The van der Waals surface area contributed by atoms with Gasteiger partial charge in [-0.1, -0.05) is 0 Å². The predicted octanol–water partition coefficient (Wildman–Crippen LogP) is 0.885. The number of ether oxygens (including phenoxy) is 1. The van der Waals surface area contributed by atoms with Gasteiger partial charge in [-0.2, -0.15) is 4.98 Å². The van der Waals surface area contributed by atoms with Crippen LogP contribution < -0.4 is 10.2 Å². The molecule has 0 saturated carbocycles. The van der Waals surface area contributed by atoms with Crippen molar-refractivity contribution in [3.63, 3.8) is 0 Å². The van der Waals surface area contributed by atoms with Crippen LogP contribution in [0.1, 0.15) is 37.9 Å². The SMILES string of the molecule is CC1CC(c2nc(N3CCCC4CNCC43)n[nH]2)CO1. The molecule has 0 amide bonds. The summed E-state index contributed by atoms with van der Waals surface area (Å²) < 4.78 is 5.63. The van der Waals surface area contributed by atoms with E-state index in [2.05, 4.69) is 27.3 Å². The van der Waals surface area contributed by atoms with Crippen molar-refractivity contribution in [1.29, 1.82) is 0 Å². The van der Waals surface area contributed by atoms with Crippen molar-refractivity contribution in [2.24, 2.45) is 5.92 Å². The largest absolute Gasteiger partial charge is 0.378 e. The van der Waals surface area contributed by atoms with E-state index >= 15 is 0 Å². The lowest BCUT2D eigenvalue weighted by Gasteiger charge is -2.36. The van der Waals surface area contributed by atoms with Gasteiger partial charge in [-0.3, -0.25) is 5.10 Å². The van der Waals surface area contributed by atoms with Crippen LogP contribution in [0.2, 0.25) is 0 Å². The van der Waals surface area contributed by atoms with Gasteiger partial charge in [-0.15, -0.1) is 5.10 Å². The van der Waals surface area contributed by atoms with Crippen LogP contribution in [0.5, 0.6) is 0 Å². The lowest BCUT2D eigenvalue weighted by molar-refractivity contribution is 0.123. The fourth-order valence-corrected chi connectivity index (χ4v) is 3.90. The second-order valence-electron chi connectivity index (χ2n) is 6.42. The van der Waals surface area contributed by atoms with Gasteiger partial charge in [0.15, 0.2) is 0 Å². The smallest absolute Gasteiger partial charge is 0.245 e. The van der Waals surface area contributed by atoms with Crippen molar-refractivity contribution < 1.29 is 4.74 Å². The molecular formula is C14H23N5O. The third-order valence-corrected chi connectivity index (χ3v) is 5.01. The first kappa shape index (κ1) is 12.6. The van der Waals surface area contributed by atoms with Crippen molar-refractivity contribution in [2.75, 3.05) is 31.1 Å². The van der Waals surface area contributed by atoms with Gasteiger partial charge in [0, 0.05) is 31.6 Å². The van der Waals surface area contributed by atoms with Gasteiger partial charge in [0.1, 0.15) is 5.82 Å². The molecule has 0 aliphatic carbocycles. The molecule has 0 aromatic carbocycles.